The number of aromatic hydroxyl groups is 1. The molecule has 0 saturated heterocycles. The summed E-state index contributed by atoms with van der Waals surface area (Å²) in [6.07, 6.45) is 0. The Bertz CT molecular complexity index is 4050. The van der Waals surface area contributed by atoms with Gasteiger partial charge in [0, 0.05) is 157 Å². The first-order valence-electron chi connectivity index (χ1n) is 18.8. The largest absolute Gasteiger partial charge is 0.505 e. The van der Waals surface area contributed by atoms with Crippen LogP contribution in [0.15, 0.2) is 177 Å². The summed E-state index contributed by atoms with van der Waals surface area (Å²) in [5.74, 6) is -0.913. The number of fused-ring (bicyclic) bond motifs is 4. The molecule has 0 aliphatic carbocycles. The molecule has 0 saturated carbocycles. The second kappa shape index (κ2) is 23.4. The van der Waals surface area contributed by atoms with Crippen molar-refractivity contribution < 1.29 is 62.1 Å². The second-order valence-electron chi connectivity index (χ2n) is 14.4. The number of aliphatic hydroxyl groups excluding tert-OH is 1. The van der Waals surface area contributed by atoms with Gasteiger partial charge in [0.15, 0.2) is 11.6 Å². The van der Waals surface area contributed by atoms with Gasteiger partial charge in [-0.15, -0.1) is 25.6 Å². The molecule has 0 aliphatic rings. The minimum absolute atomic E-state index is 0. The Morgan fingerprint density at radius 1 is 0.408 bits per heavy atom. The summed E-state index contributed by atoms with van der Waals surface area (Å²) in [5, 5.41) is 47.8. The average Bonchev–Trinajstić information content (AvgIpc) is 3.25. The molecule has 6 N–H and O–H groups in total. The second-order valence-corrected chi connectivity index (χ2v) is 20.0. The monoisotopic (exact) mass is 1080 g/mol. The van der Waals surface area contributed by atoms with Crippen LogP contribution in [-0.2, 0) is 40.5 Å². The fourth-order valence-corrected chi connectivity index (χ4v) is 9.50. The van der Waals surface area contributed by atoms with Crippen LogP contribution in [0, 0.1) is 0 Å². The number of rotatable bonds is 11. The Kier molecular flexibility index (Phi) is 19.8. The maximum atomic E-state index is 12.5. The predicted octanol–water partition coefficient (Wildman–Crippen LogP) is 9.32. The van der Waals surface area contributed by atoms with E-state index in [9.17, 15) is 62.1 Å². The van der Waals surface area contributed by atoms with Gasteiger partial charge in [-0.2, -0.15) is 38.8 Å². The normalized spacial score (nSPS) is 12.6. The maximum Gasteiger partial charge on any atom is 0.296 e. The van der Waals surface area contributed by atoms with Crippen molar-refractivity contribution in [3.8, 4) is 5.75 Å². The Labute approximate surface area is 492 Å². The van der Waals surface area contributed by atoms with Crippen molar-refractivity contribution in [1.29, 1.82) is 0 Å². The molecule has 0 heterocycles. The molecule has 344 valence electrons. The van der Waals surface area contributed by atoms with E-state index in [1.807, 2.05) is 0 Å². The number of phenols is 1. The topological polar surface area (TPSA) is 344 Å². The summed E-state index contributed by atoms with van der Waals surface area (Å²) < 4.78 is 137. The van der Waals surface area contributed by atoms with Crippen LogP contribution in [0.2, 0.25) is 0 Å². The van der Waals surface area contributed by atoms with Gasteiger partial charge < -0.3 is 10.2 Å². The van der Waals surface area contributed by atoms with Gasteiger partial charge in [0.2, 0.25) is 0 Å². The van der Waals surface area contributed by atoms with Crippen LogP contribution in [-0.4, -0.2) is 186 Å². The Morgan fingerprint density at radius 2 is 0.873 bits per heavy atom. The number of hydrogen-bond acceptors (Lipinski definition) is 16. The zero-order valence-electron chi connectivity index (χ0n) is 37.8. The first-order chi connectivity index (χ1) is 31.5. The van der Waals surface area contributed by atoms with Crippen molar-refractivity contribution in [1.82, 2.24) is 0 Å². The van der Waals surface area contributed by atoms with E-state index >= 15 is 0 Å². The van der Waals surface area contributed by atoms with Gasteiger partial charge in [-0.05, 0) is 89.6 Å². The molecule has 0 fully saturated rings. The first-order valence-corrected chi connectivity index (χ1v) is 24.6. The minimum atomic E-state index is -5.00. The van der Waals surface area contributed by atoms with E-state index in [0.717, 1.165) is 24.3 Å². The first kappa shape index (κ1) is 60.1. The SMILES string of the molecule is CC(O)=Nc1ccc2cc(S(=O)(=O)O)c(N=Nc3ccc(N=Nc4ccc(N=Nc5ccc6cc(S(=O)(=O)O)cc(S(=O)(=O)O)c6c5)c5ccc(S(=O)(=O)O)cc45)c4ccccc34)c(O)c2c1.[Na].[Na].[Na].[Na]. The summed E-state index contributed by atoms with van der Waals surface area (Å²) in [6, 6.07) is 26.9. The molecule has 29 heteroatoms. The third kappa shape index (κ3) is 13.4. The molecule has 0 amide bonds. The van der Waals surface area contributed by atoms with Gasteiger partial charge in [0.25, 0.3) is 40.5 Å². The van der Waals surface area contributed by atoms with Crippen LogP contribution in [0.3, 0.4) is 0 Å². The van der Waals surface area contributed by atoms with Gasteiger partial charge in [0.05, 0.1) is 43.9 Å². The van der Waals surface area contributed by atoms with Crippen LogP contribution in [0.25, 0.3) is 43.1 Å². The third-order valence-corrected chi connectivity index (χ3v) is 13.4. The number of hydrogen-bond donors (Lipinski definition) is 6. The van der Waals surface area contributed by atoms with Crippen molar-refractivity contribution >= 4 is 248 Å². The van der Waals surface area contributed by atoms with E-state index in [0.29, 0.717) is 16.8 Å². The van der Waals surface area contributed by atoms with Gasteiger partial charge in [-0.3, -0.25) is 18.2 Å². The number of nitrogens with zero attached hydrogens (tertiary/aromatic N) is 7. The molecule has 0 bridgehead atoms. The molecule has 8 rings (SSSR count). The molecular formula is C42H29N7Na4O14S4. The molecule has 0 aliphatic heterocycles. The molecule has 0 unspecified atom stereocenters. The molecule has 21 nitrogen and oxygen atoms in total. The van der Waals surface area contributed by atoms with Crippen molar-refractivity contribution in [2.45, 2.75) is 26.5 Å². The van der Waals surface area contributed by atoms with E-state index < -0.39 is 71.5 Å². The van der Waals surface area contributed by atoms with Crippen molar-refractivity contribution in [2.24, 2.45) is 35.7 Å². The van der Waals surface area contributed by atoms with Crippen LogP contribution in [0.1, 0.15) is 6.92 Å². The smallest absolute Gasteiger partial charge is 0.296 e. The predicted molar refractivity (Wildman–Crippen MR) is 268 cm³/mol. The molecule has 8 aromatic carbocycles. The number of aliphatic imine (C=N–C) groups is 1. The molecular weight excluding hydrogens is 1050 g/mol. The standard InChI is InChI=1S/C42H29N7O14S4.4Na/c1-22(50)43-25-8-6-24-17-40(67(61,62)63)41(42(51)33(24)18-25)49-48-36-13-12-35(29-4-2-3-5-30(29)36)46-47-38-15-14-37(31-11-10-27(20-34(31)38)64(52,53)54)45-44-26-9-7-23-16-28(65(55,56)57)21-39(32(23)19-26)66(58,59)60;;;;/h2-21,51H,1H3,(H,43,50)(H,52,53,54)(H,55,56,57)(H,58,59,60)(H,61,62,63);;;;. The minimum Gasteiger partial charge on any atom is -0.505 e. The summed E-state index contributed by atoms with van der Waals surface area (Å²) >= 11 is 0. The van der Waals surface area contributed by atoms with Crippen LogP contribution in [0.4, 0.5) is 39.8 Å². The Morgan fingerprint density at radius 3 is 1.39 bits per heavy atom. The fourth-order valence-electron chi connectivity index (χ4n) is 6.98. The zero-order chi connectivity index (χ0) is 48.2. The number of aliphatic hydroxyl groups is 1. The molecule has 71 heavy (non-hydrogen) atoms. The zero-order valence-corrected chi connectivity index (χ0v) is 49.0. The number of phenolic OH excluding ortho intramolecular Hbond substituents is 1. The number of azo groups is 3. The molecule has 8 aromatic rings. The van der Waals surface area contributed by atoms with E-state index in [1.54, 1.807) is 24.3 Å². The van der Waals surface area contributed by atoms with Gasteiger partial charge >= 0.3 is 0 Å². The van der Waals surface area contributed by atoms with Gasteiger partial charge in [-0.25, -0.2) is 4.99 Å². The van der Waals surface area contributed by atoms with Crippen LogP contribution >= 0.6 is 0 Å². The van der Waals surface area contributed by atoms with E-state index in [4.69, 9.17) is 0 Å². The van der Waals surface area contributed by atoms with E-state index in [1.165, 1.54) is 73.7 Å². The number of benzene rings is 8. The average molecular weight is 1080 g/mol. The Hall–Kier alpha value is -3.49. The molecule has 4 radical (unpaired) electrons. The quantitative estimate of drug-likeness (QED) is 0.0231. The van der Waals surface area contributed by atoms with Gasteiger partial charge in [-0.1, -0.05) is 42.5 Å². The van der Waals surface area contributed by atoms with Crippen molar-refractivity contribution in [3.05, 3.63) is 121 Å². The Balaban J connectivity index is 0.00000274. The van der Waals surface area contributed by atoms with Crippen LogP contribution in [0.5, 0.6) is 5.75 Å². The fraction of sp³-hybridized carbons (Fsp3) is 0.0238. The van der Waals surface area contributed by atoms with E-state index in [-0.39, 0.29) is 191 Å². The van der Waals surface area contributed by atoms with Crippen molar-refractivity contribution in [3.63, 3.8) is 0 Å². The summed E-state index contributed by atoms with van der Waals surface area (Å²) in [6.45, 7) is 1.34. The van der Waals surface area contributed by atoms with E-state index in [2.05, 4.69) is 35.7 Å². The van der Waals surface area contributed by atoms with Gasteiger partial charge in [0.1, 0.15) is 15.5 Å². The molecule has 0 aromatic heterocycles. The summed E-state index contributed by atoms with van der Waals surface area (Å²) in [4.78, 5) is 1.11. The maximum absolute atomic E-state index is 12.5. The van der Waals surface area contributed by atoms with Crippen molar-refractivity contribution in [2.75, 3.05) is 0 Å². The molecule has 0 spiro atoms. The summed E-state index contributed by atoms with van der Waals surface area (Å²) in [5.41, 5.74) is 0.354. The van der Waals surface area contributed by atoms with Crippen LogP contribution < -0.4 is 0 Å². The third-order valence-electron chi connectivity index (χ3n) is 9.97. The molecule has 0 atom stereocenters. The summed E-state index contributed by atoms with van der Waals surface area (Å²) in [7, 11) is -19.5.